The van der Waals surface area contributed by atoms with E-state index >= 15 is 0 Å². The minimum atomic E-state index is -0.261. The topological polar surface area (TPSA) is 67.2 Å². The van der Waals surface area contributed by atoms with Gasteiger partial charge < -0.3 is 20.0 Å². The van der Waals surface area contributed by atoms with Gasteiger partial charge in [-0.25, -0.2) is 0 Å². The number of nitrogens with zero attached hydrogens (tertiary/aromatic N) is 3. The number of halogens is 1. The first-order valence-electron chi connectivity index (χ1n) is 11.0. The lowest BCUT2D eigenvalue weighted by Gasteiger charge is -2.34. The van der Waals surface area contributed by atoms with Crippen LogP contribution in [0.15, 0.2) is 36.4 Å². The largest absolute Gasteiger partial charge is 0.507 e. The summed E-state index contributed by atoms with van der Waals surface area (Å²) in [7, 11) is 0. The number of hydrogen-bond acceptors (Lipinski definition) is 5. The van der Waals surface area contributed by atoms with E-state index in [-0.39, 0.29) is 34.0 Å². The highest BCUT2D eigenvalue weighted by molar-refractivity contribution is 6.32. The first kappa shape index (κ1) is 21.9. The molecule has 2 aromatic carbocycles. The third-order valence-electron chi connectivity index (χ3n) is 6.46. The lowest BCUT2D eigenvalue weighted by Crippen LogP contribution is -2.45. The monoisotopic (exact) mass is 443 g/mol. The number of hydrogen-bond donors (Lipinski definition) is 2. The Labute approximate surface area is 188 Å². The first-order valence-corrected chi connectivity index (χ1v) is 11.4. The Kier molecular flexibility index (Phi) is 6.70. The Morgan fingerprint density at radius 2 is 1.77 bits per heavy atom. The van der Waals surface area contributed by atoms with Crippen molar-refractivity contribution >= 4 is 17.5 Å². The molecule has 0 aromatic heterocycles. The molecule has 2 heterocycles. The van der Waals surface area contributed by atoms with Crippen LogP contribution < -0.4 is 0 Å². The number of piperazine rings is 1. The number of likely N-dealkylation sites (tertiary alicyclic amines) is 1. The van der Waals surface area contributed by atoms with E-state index in [0.717, 1.165) is 63.7 Å². The van der Waals surface area contributed by atoms with Crippen LogP contribution in [0.2, 0.25) is 5.02 Å². The van der Waals surface area contributed by atoms with Gasteiger partial charge >= 0.3 is 0 Å². The maximum atomic E-state index is 13.2. The van der Waals surface area contributed by atoms with Crippen molar-refractivity contribution in [1.82, 2.24) is 14.7 Å². The van der Waals surface area contributed by atoms with Crippen LogP contribution in [0.4, 0.5) is 0 Å². The SMILES string of the molecule is CCN1CCN(Cc2cccc(C3CCCN3C(=O)c3cc(Cl)c(O)cc3O)c2)CC1. The van der Waals surface area contributed by atoms with Crippen molar-refractivity contribution in [3.63, 3.8) is 0 Å². The number of carbonyl (C=O) groups excluding carboxylic acids is 1. The number of benzene rings is 2. The molecule has 0 saturated carbocycles. The summed E-state index contributed by atoms with van der Waals surface area (Å²) in [6.07, 6.45) is 1.79. The van der Waals surface area contributed by atoms with E-state index < -0.39 is 0 Å². The lowest BCUT2D eigenvalue weighted by molar-refractivity contribution is 0.0732. The van der Waals surface area contributed by atoms with Crippen LogP contribution in [-0.2, 0) is 6.54 Å². The number of phenols is 2. The number of carbonyl (C=O) groups is 1. The van der Waals surface area contributed by atoms with Gasteiger partial charge in [0, 0.05) is 45.3 Å². The molecule has 1 amide bonds. The summed E-state index contributed by atoms with van der Waals surface area (Å²) in [5.74, 6) is -0.748. The molecule has 31 heavy (non-hydrogen) atoms. The molecule has 0 bridgehead atoms. The molecular weight excluding hydrogens is 414 g/mol. The van der Waals surface area contributed by atoms with E-state index in [4.69, 9.17) is 11.6 Å². The van der Waals surface area contributed by atoms with Crippen LogP contribution in [0.1, 0.15) is 47.3 Å². The highest BCUT2D eigenvalue weighted by Gasteiger charge is 2.32. The minimum Gasteiger partial charge on any atom is -0.507 e. The molecule has 2 N–H and O–H groups in total. The minimum absolute atomic E-state index is 0.0311. The standard InChI is InChI=1S/C24H30ClN3O3/c1-2-26-9-11-27(12-10-26)16-17-5-3-6-18(13-17)21-7-4-8-28(21)24(31)19-14-20(25)23(30)15-22(19)29/h3,5-6,13-15,21,29-30H,2,4,7-12,16H2,1H3. The maximum Gasteiger partial charge on any atom is 0.258 e. The molecule has 2 aliphatic heterocycles. The van der Waals surface area contributed by atoms with Gasteiger partial charge in [-0.3, -0.25) is 9.69 Å². The van der Waals surface area contributed by atoms with Gasteiger partial charge in [-0.2, -0.15) is 0 Å². The fourth-order valence-corrected chi connectivity index (χ4v) is 4.82. The molecule has 2 fully saturated rings. The average molecular weight is 444 g/mol. The summed E-state index contributed by atoms with van der Waals surface area (Å²) in [4.78, 5) is 20.0. The summed E-state index contributed by atoms with van der Waals surface area (Å²) in [6.45, 7) is 9.24. The number of aromatic hydroxyl groups is 2. The van der Waals surface area contributed by atoms with Crippen LogP contribution in [0.3, 0.4) is 0 Å². The molecule has 0 radical (unpaired) electrons. The average Bonchev–Trinajstić information content (AvgIpc) is 3.26. The van der Waals surface area contributed by atoms with Gasteiger partial charge in [0.2, 0.25) is 0 Å². The normalized spacial score (nSPS) is 20.3. The number of amides is 1. The second-order valence-electron chi connectivity index (χ2n) is 8.43. The molecule has 2 aromatic rings. The van der Waals surface area contributed by atoms with Gasteiger partial charge in [-0.05, 0) is 36.6 Å². The fraction of sp³-hybridized carbons (Fsp3) is 0.458. The van der Waals surface area contributed by atoms with Gasteiger partial charge in [0.05, 0.1) is 16.6 Å². The van der Waals surface area contributed by atoms with Gasteiger partial charge in [0.1, 0.15) is 11.5 Å². The van der Waals surface area contributed by atoms with Crippen molar-refractivity contribution in [3.8, 4) is 11.5 Å². The molecule has 6 nitrogen and oxygen atoms in total. The Hall–Kier alpha value is -2.28. The Balaban J connectivity index is 1.49. The Bertz CT molecular complexity index is 944. The van der Waals surface area contributed by atoms with Crippen molar-refractivity contribution < 1.29 is 15.0 Å². The summed E-state index contributed by atoms with van der Waals surface area (Å²) in [5, 5.41) is 19.9. The quantitative estimate of drug-likeness (QED) is 0.734. The summed E-state index contributed by atoms with van der Waals surface area (Å²) < 4.78 is 0. The van der Waals surface area contributed by atoms with Crippen molar-refractivity contribution in [2.75, 3.05) is 39.3 Å². The zero-order valence-corrected chi connectivity index (χ0v) is 18.7. The van der Waals surface area contributed by atoms with Crippen LogP contribution in [0.25, 0.3) is 0 Å². The van der Waals surface area contributed by atoms with E-state index in [1.165, 1.54) is 11.6 Å². The van der Waals surface area contributed by atoms with Gasteiger partial charge in [0.15, 0.2) is 0 Å². The number of rotatable bonds is 5. The molecule has 2 aliphatic rings. The Morgan fingerprint density at radius 1 is 1.03 bits per heavy atom. The molecule has 7 heteroatoms. The van der Waals surface area contributed by atoms with E-state index in [1.807, 2.05) is 4.90 Å². The Morgan fingerprint density at radius 3 is 2.52 bits per heavy atom. The smallest absolute Gasteiger partial charge is 0.258 e. The van der Waals surface area contributed by atoms with Crippen LogP contribution in [-0.4, -0.2) is 70.1 Å². The summed E-state index contributed by atoms with van der Waals surface area (Å²) >= 11 is 5.98. The van der Waals surface area contributed by atoms with Gasteiger partial charge in [-0.15, -0.1) is 0 Å². The molecule has 166 valence electrons. The predicted octanol–water partition coefficient (Wildman–Crippen LogP) is 3.87. The summed E-state index contributed by atoms with van der Waals surface area (Å²) in [5.41, 5.74) is 2.51. The molecule has 1 atom stereocenters. The van der Waals surface area contributed by atoms with E-state index in [9.17, 15) is 15.0 Å². The van der Waals surface area contributed by atoms with Crippen LogP contribution in [0.5, 0.6) is 11.5 Å². The lowest BCUT2D eigenvalue weighted by atomic mass is 10.0. The molecule has 4 rings (SSSR count). The summed E-state index contributed by atoms with van der Waals surface area (Å²) in [6, 6.07) is 11.0. The van der Waals surface area contributed by atoms with Crippen molar-refractivity contribution in [2.45, 2.75) is 32.4 Å². The van der Waals surface area contributed by atoms with Gasteiger partial charge in [-0.1, -0.05) is 42.8 Å². The first-order chi connectivity index (χ1) is 15.0. The second kappa shape index (κ2) is 9.47. The molecular formula is C24H30ClN3O3. The molecule has 1 unspecified atom stereocenters. The molecule has 0 aliphatic carbocycles. The third-order valence-corrected chi connectivity index (χ3v) is 6.77. The zero-order chi connectivity index (χ0) is 22.0. The van der Waals surface area contributed by atoms with Crippen molar-refractivity contribution in [1.29, 1.82) is 0 Å². The van der Waals surface area contributed by atoms with Crippen LogP contribution >= 0.6 is 11.6 Å². The number of likely N-dealkylation sites (N-methyl/N-ethyl adjacent to an activating group) is 1. The van der Waals surface area contributed by atoms with Gasteiger partial charge in [0.25, 0.3) is 5.91 Å². The third kappa shape index (κ3) is 4.81. The van der Waals surface area contributed by atoms with E-state index in [1.54, 1.807) is 0 Å². The van der Waals surface area contributed by atoms with Crippen LogP contribution in [0, 0.1) is 0 Å². The maximum absolute atomic E-state index is 13.2. The molecule has 0 spiro atoms. The molecule has 2 saturated heterocycles. The highest BCUT2D eigenvalue weighted by Crippen LogP contribution is 2.37. The number of phenolic OH excluding ortho intramolecular Hbond substituents is 2. The van der Waals surface area contributed by atoms with Crippen molar-refractivity contribution in [3.05, 3.63) is 58.1 Å². The van der Waals surface area contributed by atoms with Crippen molar-refractivity contribution in [2.24, 2.45) is 0 Å². The fourth-order valence-electron chi connectivity index (χ4n) is 4.65. The second-order valence-corrected chi connectivity index (χ2v) is 8.84. The predicted molar refractivity (Wildman–Crippen MR) is 122 cm³/mol. The highest BCUT2D eigenvalue weighted by atomic mass is 35.5. The zero-order valence-electron chi connectivity index (χ0n) is 17.9. The van der Waals surface area contributed by atoms with E-state index in [0.29, 0.717) is 6.54 Å². The van der Waals surface area contributed by atoms with E-state index in [2.05, 4.69) is 41.0 Å².